The van der Waals surface area contributed by atoms with Gasteiger partial charge in [-0.15, -0.1) is 0 Å². The van der Waals surface area contributed by atoms with Crippen molar-refractivity contribution in [2.24, 2.45) is 5.73 Å². The van der Waals surface area contributed by atoms with E-state index in [0.29, 0.717) is 11.4 Å². The maximum atomic E-state index is 12.5. The first-order chi connectivity index (χ1) is 6.97. The van der Waals surface area contributed by atoms with Crippen molar-refractivity contribution in [1.82, 2.24) is 4.98 Å². The van der Waals surface area contributed by atoms with Crippen LogP contribution in [0, 0.1) is 0 Å². The van der Waals surface area contributed by atoms with Gasteiger partial charge >= 0.3 is 0 Å². The number of aromatic nitrogens is 1. The molecule has 15 heavy (non-hydrogen) atoms. The van der Waals surface area contributed by atoms with E-state index >= 15 is 0 Å². The molecule has 1 unspecified atom stereocenters. The zero-order valence-electron chi connectivity index (χ0n) is 8.71. The number of methoxy groups -OCH3 is 1. The maximum Gasteiger partial charge on any atom is 0.256 e. The number of hydrogen-bond donors (Lipinski definition) is 1. The van der Waals surface area contributed by atoms with Crippen LogP contribution in [0.3, 0.4) is 0 Å². The summed E-state index contributed by atoms with van der Waals surface area (Å²) in [6, 6.07) is 3.35. The second-order valence-electron chi connectivity index (χ2n) is 3.66. The third-order valence-corrected chi connectivity index (χ3v) is 2.11. The van der Waals surface area contributed by atoms with Crippen molar-refractivity contribution in [2.45, 2.75) is 25.3 Å². The fraction of sp³-hybridized carbons (Fsp3) is 0.500. The van der Waals surface area contributed by atoms with Gasteiger partial charge in [-0.3, -0.25) is 0 Å². The van der Waals surface area contributed by atoms with Gasteiger partial charge in [0.05, 0.1) is 12.6 Å². The minimum absolute atomic E-state index is 0.0294. The Hall–Kier alpha value is -1.23. The first kappa shape index (κ1) is 11.8. The number of halogens is 2. The molecule has 0 saturated heterocycles. The summed E-state index contributed by atoms with van der Waals surface area (Å²) in [4.78, 5) is 3.92. The smallest absolute Gasteiger partial charge is 0.256 e. The number of nitrogens with two attached hydrogens (primary N) is 1. The molecular weight excluding hydrogens is 202 g/mol. The van der Waals surface area contributed by atoms with Crippen LogP contribution in [0.2, 0.25) is 0 Å². The quantitative estimate of drug-likeness (QED) is 0.831. The standard InChI is InChI=1S/C10H14F2N2O/c1-10(13,9(11)12)6-7-4-3-5-14-8(7)15-2/h3-5,9H,6,13H2,1-2H3. The summed E-state index contributed by atoms with van der Waals surface area (Å²) >= 11 is 0. The van der Waals surface area contributed by atoms with E-state index in [0.717, 1.165) is 0 Å². The van der Waals surface area contributed by atoms with Crippen molar-refractivity contribution < 1.29 is 13.5 Å². The average molecular weight is 216 g/mol. The fourth-order valence-corrected chi connectivity index (χ4v) is 1.23. The number of nitrogens with zero attached hydrogens (tertiary/aromatic N) is 1. The lowest BCUT2D eigenvalue weighted by atomic mass is 9.95. The largest absolute Gasteiger partial charge is 0.481 e. The molecule has 3 nitrogen and oxygen atoms in total. The molecule has 0 aliphatic rings. The van der Waals surface area contributed by atoms with E-state index in [1.165, 1.54) is 14.0 Å². The molecule has 1 rings (SSSR count). The summed E-state index contributed by atoms with van der Waals surface area (Å²) in [7, 11) is 1.45. The lowest BCUT2D eigenvalue weighted by Gasteiger charge is -2.23. The van der Waals surface area contributed by atoms with Crippen LogP contribution in [-0.2, 0) is 6.42 Å². The maximum absolute atomic E-state index is 12.5. The van der Waals surface area contributed by atoms with Crippen molar-refractivity contribution in [3.63, 3.8) is 0 Å². The Morgan fingerprint density at radius 3 is 2.80 bits per heavy atom. The van der Waals surface area contributed by atoms with E-state index in [9.17, 15) is 8.78 Å². The molecule has 1 aromatic heterocycles. The zero-order valence-corrected chi connectivity index (χ0v) is 8.71. The Morgan fingerprint density at radius 1 is 1.60 bits per heavy atom. The van der Waals surface area contributed by atoms with Crippen LogP contribution < -0.4 is 10.5 Å². The number of ether oxygens (including phenoxy) is 1. The highest BCUT2D eigenvalue weighted by molar-refractivity contribution is 5.27. The minimum Gasteiger partial charge on any atom is -0.481 e. The first-order valence-electron chi connectivity index (χ1n) is 4.52. The topological polar surface area (TPSA) is 48.1 Å². The van der Waals surface area contributed by atoms with E-state index in [-0.39, 0.29) is 6.42 Å². The predicted molar refractivity (Wildman–Crippen MR) is 53.1 cm³/mol. The summed E-state index contributed by atoms with van der Waals surface area (Å²) in [5.41, 5.74) is 4.51. The molecule has 0 spiro atoms. The average Bonchev–Trinajstić information content (AvgIpc) is 2.18. The molecule has 0 aromatic carbocycles. The fourth-order valence-electron chi connectivity index (χ4n) is 1.23. The van der Waals surface area contributed by atoms with Crippen molar-refractivity contribution in [3.05, 3.63) is 23.9 Å². The molecule has 0 fully saturated rings. The van der Waals surface area contributed by atoms with E-state index in [2.05, 4.69) is 4.98 Å². The summed E-state index contributed by atoms with van der Waals surface area (Å²) in [6.45, 7) is 1.31. The van der Waals surface area contributed by atoms with Crippen LogP contribution in [0.5, 0.6) is 5.88 Å². The van der Waals surface area contributed by atoms with Crippen molar-refractivity contribution >= 4 is 0 Å². The molecule has 1 aromatic rings. The van der Waals surface area contributed by atoms with Crippen LogP contribution >= 0.6 is 0 Å². The summed E-state index contributed by atoms with van der Waals surface area (Å²) in [5.74, 6) is 0.342. The Labute approximate surface area is 87.3 Å². The molecule has 5 heteroatoms. The Morgan fingerprint density at radius 2 is 2.27 bits per heavy atom. The Kier molecular flexibility index (Phi) is 3.57. The molecule has 0 aliphatic carbocycles. The van der Waals surface area contributed by atoms with Crippen LogP contribution in [-0.4, -0.2) is 24.1 Å². The third-order valence-electron chi connectivity index (χ3n) is 2.11. The number of rotatable bonds is 4. The molecule has 1 heterocycles. The van der Waals surface area contributed by atoms with Crippen LogP contribution in [0.1, 0.15) is 12.5 Å². The van der Waals surface area contributed by atoms with Gasteiger partial charge in [-0.1, -0.05) is 6.07 Å². The van der Waals surface area contributed by atoms with Crippen molar-refractivity contribution in [1.29, 1.82) is 0 Å². The SMILES string of the molecule is COc1ncccc1CC(C)(N)C(F)F. The normalized spacial score (nSPS) is 15.1. The van der Waals surface area contributed by atoms with Crippen LogP contribution in [0.4, 0.5) is 8.78 Å². The molecule has 0 bridgehead atoms. The molecule has 1 atom stereocenters. The van der Waals surface area contributed by atoms with E-state index in [1.807, 2.05) is 0 Å². The molecule has 2 N–H and O–H groups in total. The number of pyridine rings is 1. The highest BCUT2D eigenvalue weighted by Gasteiger charge is 2.31. The number of hydrogen-bond acceptors (Lipinski definition) is 3. The van der Waals surface area contributed by atoms with Gasteiger partial charge in [0.15, 0.2) is 0 Å². The molecular formula is C10H14F2N2O. The van der Waals surface area contributed by atoms with Crippen molar-refractivity contribution in [3.8, 4) is 5.88 Å². The first-order valence-corrected chi connectivity index (χ1v) is 4.52. The lowest BCUT2D eigenvalue weighted by molar-refractivity contribution is 0.0635. The highest BCUT2D eigenvalue weighted by Crippen LogP contribution is 2.23. The predicted octanol–water partition coefficient (Wildman–Crippen LogP) is 1.62. The van der Waals surface area contributed by atoms with Gasteiger partial charge in [0.25, 0.3) is 6.43 Å². The van der Waals surface area contributed by atoms with Gasteiger partial charge in [0.1, 0.15) is 0 Å². The van der Waals surface area contributed by atoms with E-state index in [4.69, 9.17) is 10.5 Å². The number of alkyl halides is 2. The summed E-state index contributed by atoms with van der Waals surface area (Å²) in [6.07, 6.45) is -1.01. The van der Waals surface area contributed by atoms with Gasteiger partial charge in [-0.05, 0) is 13.0 Å². The summed E-state index contributed by atoms with van der Waals surface area (Å²) in [5, 5.41) is 0. The molecule has 0 aliphatic heterocycles. The van der Waals surface area contributed by atoms with E-state index < -0.39 is 12.0 Å². The Bertz CT molecular complexity index is 329. The van der Waals surface area contributed by atoms with Gasteiger partial charge in [0.2, 0.25) is 5.88 Å². The molecule has 0 radical (unpaired) electrons. The van der Waals surface area contributed by atoms with Gasteiger partial charge < -0.3 is 10.5 Å². The van der Waals surface area contributed by atoms with Crippen LogP contribution in [0.25, 0.3) is 0 Å². The second kappa shape index (κ2) is 4.53. The van der Waals surface area contributed by atoms with E-state index in [1.54, 1.807) is 18.3 Å². The minimum atomic E-state index is -2.58. The summed E-state index contributed by atoms with van der Waals surface area (Å²) < 4.78 is 30.1. The molecule has 0 amide bonds. The zero-order chi connectivity index (χ0) is 11.5. The highest BCUT2D eigenvalue weighted by atomic mass is 19.3. The second-order valence-corrected chi connectivity index (χ2v) is 3.66. The molecule has 84 valence electrons. The van der Waals surface area contributed by atoms with Gasteiger partial charge in [-0.25, -0.2) is 13.8 Å². The van der Waals surface area contributed by atoms with Gasteiger partial charge in [0, 0.05) is 18.2 Å². The monoisotopic (exact) mass is 216 g/mol. The van der Waals surface area contributed by atoms with Crippen molar-refractivity contribution in [2.75, 3.05) is 7.11 Å². The van der Waals surface area contributed by atoms with Crippen LogP contribution in [0.15, 0.2) is 18.3 Å². The lowest BCUT2D eigenvalue weighted by Crippen LogP contribution is -2.45. The van der Waals surface area contributed by atoms with Gasteiger partial charge in [-0.2, -0.15) is 0 Å². The third kappa shape index (κ3) is 2.86. The Balaban J connectivity index is 2.89. The molecule has 0 saturated carbocycles.